The summed E-state index contributed by atoms with van der Waals surface area (Å²) in [5, 5.41) is 3.30. The van der Waals surface area contributed by atoms with Crippen LogP contribution in [0.4, 0.5) is 10.1 Å². The van der Waals surface area contributed by atoms with Gasteiger partial charge in [-0.1, -0.05) is 35.9 Å². The average molecular weight is 385 g/mol. The fourth-order valence-electron chi connectivity index (χ4n) is 2.38. The molecule has 0 fully saturated rings. The Hall–Kier alpha value is -3.25. The number of amides is 1. The van der Waals surface area contributed by atoms with Crippen LogP contribution in [0.3, 0.4) is 0 Å². The second-order valence-corrected chi connectivity index (χ2v) is 5.95. The third kappa shape index (κ3) is 4.89. The lowest BCUT2D eigenvalue weighted by molar-refractivity contribution is -0.142. The smallest absolute Gasteiger partial charge is 0.331 e. The van der Waals surface area contributed by atoms with Crippen molar-refractivity contribution in [2.24, 2.45) is 0 Å². The number of rotatable bonds is 5. The predicted octanol–water partition coefficient (Wildman–Crippen LogP) is 4.22. The SMILES string of the molecule is O=C(COC(=O)/C=C/c1cccc2cccnc12)Nc1ccc(F)c(Cl)c1. The van der Waals surface area contributed by atoms with Gasteiger partial charge < -0.3 is 10.1 Å². The zero-order chi connectivity index (χ0) is 19.2. The number of aromatic nitrogens is 1. The van der Waals surface area contributed by atoms with Crippen LogP contribution in [-0.2, 0) is 14.3 Å². The Bertz CT molecular complexity index is 1030. The molecule has 136 valence electrons. The summed E-state index contributed by atoms with van der Waals surface area (Å²) in [6.07, 6.45) is 4.48. The maximum atomic E-state index is 13.1. The molecule has 0 radical (unpaired) electrons. The number of anilines is 1. The van der Waals surface area contributed by atoms with Gasteiger partial charge in [-0.2, -0.15) is 0 Å². The fraction of sp³-hybridized carbons (Fsp3) is 0.0500. The van der Waals surface area contributed by atoms with Crippen molar-refractivity contribution in [2.75, 3.05) is 11.9 Å². The Morgan fingerprint density at radius 1 is 1.19 bits per heavy atom. The minimum absolute atomic E-state index is 0.114. The fourth-order valence-corrected chi connectivity index (χ4v) is 2.56. The normalized spacial score (nSPS) is 10.9. The second-order valence-electron chi connectivity index (χ2n) is 5.54. The number of pyridine rings is 1. The number of hydrogen-bond donors (Lipinski definition) is 1. The van der Waals surface area contributed by atoms with Crippen LogP contribution in [0.25, 0.3) is 17.0 Å². The number of para-hydroxylation sites is 1. The van der Waals surface area contributed by atoms with Gasteiger partial charge in [0.1, 0.15) is 5.82 Å². The lowest BCUT2D eigenvalue weighted by Gasteiger charge is -2.06. The highest BCUT2D eigenvalue weighted by molar-refractivity contribution is 6.31. The molecular formula is C20H14ClFN2O3. The molecule has 7 heteroatoms. The van der Waals surface area contributed by atoms with Gasteiger partial charge in [-0.3, -0.25) is 9.78 Å². The van der Waals surface area contributed by atoms with Gasteiger partial charge in [0.25, 0.3) is 5.91 Å². The first kappa shape index (κ1) is 18.5. The topological polar surface area (TPSA) is 68.3 Å². The van der Waals surface area contributed by atoms with Crippen LogP contribution in [0.5, 0.6) is 0 Å². The van der Waals surface area contributed by atoms with E-state index in [-0.39, 0.29) is 5.02 Å². The number of benzene rings is 2. The molecule has 0 atom stereocenters. The van der Waals surface area contributed by atoms with Crippen molar-refractivity contribution in [1.82, 2.24) is 4.98 Å². The number of nitrogens with zero attached hydrogens (tertiary/aromatic N) is 1. The molecule has 1 N–H and O–H groups in total. The van der Waals surface area contributed by atoms with E-state index in [0.29, 0.717) is 5.69 Å². The average Bonchev–Trinajstić information content (AvgIpc) is 2.67. The number of carbonyl (C=O) groups excluding carboxylic acids is 2. The van der Waals surface area contributed by atoms with Crippen molar-refractivity contribution in [2.45, 2.75) is 0 Å². The lowest BCUT2D eigenvalue weighted by Crippen LogP contribution is -2.20. The molecule has 5 nitrogen and oxygen atoms in total. The Morgan fingerprint density at radius 3 is 2.81 bits per heavy atom. The maximum Gasteiger partial charge on any atom is 0.331 e. The van der Waals surface area contributed by atoms with Gasteiger partial charge in [-0.05, 0) is 30.3 Å². The van der Waals surface area contributed by atoms with Crippen LogP contribution in [-0.4, -0.2) is 23.5 Å². The van der Waals surface area contributed by atoms with E-state index < -0.39 is 24.3 Å². The Morgan fingerprint density at radius 2 is 2.00 bits per heavy atom. The molecule has 1 amide bonds. The standard InChI is InChI=1S/C20H14ClFN2O3/c21-16-11-15(7-8-17(16)22)24-18(25)12-27-19(26)9-6-14-4-1-3-13-5-2-10-23-20(13)14/h1-11H,12H2,(H,24,25)/b9-6+. The van der Waals surface area contributed by atoms with Gasteiger partial charge in [0.15, 0.2) is 6.61 Å². The summed E-state index contributed by atoms with van der Waals surface area (Å²) in [6, 6.07) is 13.1. The third-order valence-electron chi connectivity index (χ3n) is 3.61. The second kappa shape index (κ2) is 8.42. The molecule has 27 heavy (non-hydrogen) atoms. The summed E-state index contributed by atoms with van der Waals surface area (Å²) in [5.41, 5.74) is 1.82. The number of halogens is 2. The minimum atomic E-state index is -0.671. The van der Waals surface area contributed by atoms with E-state index in [4.69, 9.17) is 16.3 Å². The van der Waals surface area contributed by atoms with Crippen LogP contribution >= 0.6 is 11.6 Å². The molecule has 3 rings (SSSR count). The first-order valence-corrected chi connectivity index (χ1v) is 8.34. The molecule has 0 aliphatic heterocycles. The third-order valence-corrected chi connectivity index (χ3v) is 3.90. The Kier molecular flexibility index (Phi) is 5.78. The number of esters is 1. The number of nitrogens with one attached hydrogen (secondary N) is 1. The van der Waals surface area contributed by atoms with E-state index in [0.717, 1.165) is 22.5 Å². The Balaban J connectivity index is 1.56. The zero-order valence-corrected chi connectivity index (χ0v) is 14.7. The summed E-state index contributed by atoms with van der Waals surface area (Å²) in [5.74, 6) is -1.82. The van der Waals surface area contributed by atoms with Gasteiger partial charge in [0.2, 0.25) is 0 Å². The van der Waals surface area contributed by atoms with E-state index in [1.165, 1.54) is 18.2 Å². The summed E-state index contributed by atoms with van der Waals surface area (Å²) < 4.78 is 18.0. The van der Waals surface area contributed by atoms with Crippen molar-refractivity contribution in [3.05, 3.63) is 77.2 Å². The molecule has 0 aliphatic rings. The van der Waals surface area contributed by atoms with E-state index in [9.17, 15) is 14.0 Å². The van der Waals surface area contributed by atoms with Gasteiger partial charge in [0, 0.05) is 28.9 Å². The number of ether oxygens (including phenoxy) is 1. The van der Waals surface area contributed by atoms with Gasteiger partial charge in [-0.15, -0.1) is 0 Å². The molecule has 0 saturated carbocycles. The Labute approximate surface area is 159 Å². The quantitative estimate of drug-likeness (QED) is 0.528. The predicted molar refractivity (Wildman–Crippen MR) is 102 cm³/mol. The minimum Gasteiger partial charge on any atom is -0.452 e. The first-order chi connectivity index (χ1) is 13.0. The highest BCUT2D eigenvalue weighted by atomic mass is 35.5. The summed E-state index contributed by atoms with van der Waals surface area (Å²) in [4.78, 5) is 27.9. The van der Waals surface area contributed by atoms with Crippen molar-refractivity contribution < 1.29 is 18.7 Å². The molecule has 3 aromatic rings. The van der Waals surface area contributed by atoms with E-state index >= 15 is 0 Å². The summed E-state index contributed by atoms with van der Waals surface area (Å²) >= 11 is 5.64. The van der Waals surface area contributed by atoms with E-state index in [1.54, 1.807) is 12.3 Å². The van der Waals surface area contributed by atoms with Crippen LogP contribution in [0.1, 0.15) is 5.56 Å². The molecule has 0 bridgehead atoms. The molecule has 0 aliphatic carbocycles. The van der Waals surface area contributed by atoms with E-state index in [2.05, 4.69) is 10.3 Å². The van der Waals surface area contributed by atoms with E-state index in [1.807, 2.05) is 30.3 Å². The number of hydrogen-bond acceptors (Lipinski definition) is 4. The van der Waals surface area contributed by atoms with Gasteiger partial charge >= 0.3 is 5.97 Å². The number of carbonyl (C=O) groups is 2. The molecule has 1 aromatic heterocycles. The summed E-state index contributed by atoms with van der Waals surface area (Å²) in [7, 11) is 0. The lowest BCUT2D eigenvalue weighted by atomic mass is 10.1. The largest absolute Gasteiger partial charge is 0.452 e. The molecule has 0 spiro atoms. The van der Waals surface area contributed by atoms with Crippen LogP contribution in [0.2, 0.25) is 5.02 Å². The first-order valence-electron chi connectivity index (χ1n) is 7.96. The molecule has 0 saturated heterocycles. The van der Waals surface area contributed by atoms with Crippen LogP contribution in [0.15, 0.2) is 60.8 Å². The maximum absolute atomic E-state index is 13.1. The molecule has 0 unspecified atom stereocenters. The highest BCUT2D eigenvalue weighted by Gasteiger charge is 2.08. The highest BCUT2D eigenvalue weighted by Crippen LogP contribution is 2.19. The monoisotopic (exact) mass is 384 g/mol. The van der Waals surface area contributed by atoms with Gasteiger partial charge in [-0.25, -0.2) is 9.18 Å². The van der Waals surface area contributed by atoms with Gasteiger partial charge in [0.05, 0.1) is 10.5 Å². The van der Waals surface area contributed by atoms with Crippen LogP contribution < -0.4 is 5.32 Å². The summed E-state index contributed by atoms with van der Waals surface area (Å²) in [6.45, 7) is -0.480. The van der Waals surface area contributed by atoms with Crippen molar-refractivity contribution in [3.63, 3.8) is 0 Å². The molecule has 2 aromatic carbocycles. The zero-order valence-electron chi connectivity index (χ0n) is 14.0. The van der Waals surface area contributed by atoms with Crippen molar-refractivity contribution >= 4 is 46.1 Å². The molecule has 1 heterocycles. The van der Waals surface area contributed by atoms with Crippen LogP contribution in [0, 0.1) is 5.82 Å². The molecular weight excluding hydrogens is 371 g/mol. The number of fused-ring (bicyclic) bond motifs is 1. The van der Waals surface area contributed by atoms with Crippen molar-refractivity contribution in [1.29, 1.82) is 0 Å². The van der Waals surface area contributed by atoms with Crippen molar-refractivity contribution in [3.8, 4) is 0 Å².